The van der Waals surface area contributed by atoms with Crippen molar-refractivity contribution < 1.29 is 4.52 Å². The van der Waals surface area contributed by atoms with Crippen molar-refractivity contribution in [2.45, 2.75) is 0 Å². The lowest BCUT2D eigenvalue weighted by atomic mass is 10.3. The third kappa shape index (κ3) is 0.991. The molecule has 0 unspecified atom stereocenters. The van der Waals surface area contributed by atoms with Crippen LogP contribution >= 0.6 is 15.9 Å². The van der Waals surface area contributed by atoms with Gasteiger partial charge in [0.05, 0.1) is 10.9 Å². The van der Waals surface area contributed by atoms with Crippen LogP contribution in [0.1, 0.15) is 0 Å². The second-order valence-corrected chi connectivity index (χ2v) is 3.10. The van der Waals surface area contributed by atoms with Gasteiger partial charge in [0.1, 0.15) is 0 Å². The lowest BCUT2D eigenvalue weighted by Crippen LogP contribution is -1.89. The van der Waals surface area contributed by atoms with E-state index in [2.05, 4.69) is 25.6 Å². The van der Waals surface area contributed by atoms with Gasteiger partial charge in [-0.05, 0) is 18.2 Å². The Morgan fingerprint density at radius 1 is 1.45 bits per heavy atom. The average Bonchev–Trinajstić information content (AvgIpc) is 2.32. The Labute approximate surface area is 70.1 Å². The molecule has 56 valence electrons. The van der Waals surface area contributed by atoms with E-state index in [1.807, 2.05) is 0 Å². The number of benzene rings is 1. The van der Waals surface area contributed by atoms with Gasteiger partial charge >= 0.3 is 5.63 Å². The van der Waals surface area contributed by atoms with Gasteiger partial charge in [0.15, 0.2) is 0 Å². The zero-order chi connectivity index (χ0) is 7.84. The Morgan fingerprint density at radius 2 is 2.27 bits per heavy atom. The highest BCUT2D eigenvalue weighted by Gasteiger charge is 2.01. The SMILES string of the molecule is O=c1o[nH]c2cc(Br)ccc12. The van der Waals surface area contributed by atoms with E-state index in [9.17, 15) is 4.79 Å². The summed E-state index contributed by atoms with van der Waals surface area (Å²) in [6.45, 7) is 0. The summed E-state index contributed by atoms with van der Waals surface area (Å²) in [7, 11) is 0. The van der Waals surface area contributed by atoms with Crippen LogP contribution in [-0.2, 0) is 0 Å². The van der Waals surface area contributed by atoms with Crippen molar-refractivity contribution in [2.24, 2.45) is 0 Å². The van der Waals surface area contributed by atoms with Gasteiger partial charge in [-0.2, -0.15) is 0 Å². The summed E-state index contributed by atoms with van der Waals surface area (Å²) in [6, 6.07) is 5.30. The summed E-state index contributed by atoms with van der Waals surface area (Å²) >= 11 is 3.28. The molecule has 0 aliphatic heterocycles. The fourth-order valence-corrected chi connectivity index (χ4v) is 1.30. The topological polar surface area (TPSA) is 46.0 Å². The van der Waals surface area contributed by atoms with E-state index in [0.717, 1.165) is 4.47 Å². The molecule has 0 atom stereocenters. The normalized spacial score (nSPS) is 10.6. The molecule has 0 aliphatic carbocycles. The maximum absolute atomic E-state index is 10.9. The molecule has 1 aromatic carbocycles. The quantitative estimate of drug-likeness (QED) is 0.727. The Bertz CT molecular complexity index is 443. The molecule has 2 aromatic rings. The molecule has 1 N–H and O–H groups in total. The van der Waals surface area contributed by atoms with Gasteiger partial charge in [0.2, 0.25) is 0 Å². The van der Waals surface area contributed by atoms with Crippen LogP contribution in [0.2, 0.25) is 0 Å². The first-order chi connectivity index (χ1) is 5.27. The fraction of sp³-hybridized carbons (Fsp3) is 0. The van der Waals surface area contributed by atoms with Crippen LogP contribution in [0.3, 0.4) is 0 Å². The van der Waals surface area contributed by atoms with Crippen LogP contribution in [0.25, 0.3) is 10.9 Å². The van der Waals surface area contributed by atoms with E-state index in [1.165, 1.54) is 0 Å². The van der Waals surface area contributed by atoms with Crippen LogP contribution in [0.15, 0.2) is 32.0 Å². The number of nitrogens with one attached hydrogen (secondary N) is 1. The predicted molar refractivity (Wildman–Crippen MR) is 44.5 cm³/mol. The lowest BCUT2D eigenvalue weighted by Gasteiger charge is -1.85. The van der Waals surface area contributed by atoms with Crippen LogP contribution in [0.4, 0.5) is 0 Å². The predicted octanol–water partition coefficient (Wildman–Crippen LogP) is 1.88. The first kappa shape index (κ1) is 6.67. The molecule has 1 aromatic heterocycles. The van der Waals surface area contributed by atoms with Gasteiger partial charge in [0.25, 0.3) is 0 Å². The molecule has 0 saturated heterocycles. The zero-order valence-corrected chi connectivity index (χ0v) is 7.01. The molecule has 0 saturated carbocycles. The molecule has 0 radical (unpaired) electrons. The fourth-order valence-electron chi connectivity index (χ4n) is 0.935. The third-order valence-electron chi connectivity index (χ3n) is 1.46. The van der Waals surface area contributed by atoms with E-state index >= 15 is 0 Å². The number of H-pyrrole nitrogens is 1. The van der Waals surface area contributed by atoms with Gasteiger partial charge in [-0.15, -0.1) is 0 Å². The van der Waals surface area contributed by atoms with Gasteiger partial charge in [-0.1, -0.05) is 15.9 Å². The lowest BCUT2D eigenvalue weighted by molar-refractivity contribution is 0.400. The second-order valence-electron chi connectivity index (χ2n) is 2.18. The smallest absolute Gasteiger partial charge is 0.338 e. The van der Waals surface area contributed by atoms with Crippen molar-refractivity contribution in [1.29, 1.82) is 0 Å². The minimum Gasteiger partial charge on any atom is -0.338 e. The molecule has 0 spiro atoms. The standard InChI is InChI=1S/C7H4BrNO2/c8-4-1-2-5-6(3-4)9-11-7(5)10/h1-3,9H. The molecule has 3 nitrogen and oxygen atoms in total. The van der Waals surface area contributed by atoms with Crippen LogP contribution < -0.4 is 5.63 Å². The average molecular weight is 214 g/mol. The molecular formula is C7H4BrNO2. The Kier molecular flexibility index (Phi) is 1.35. The van der Waals surface area contributed by atoms with Crippen molar-refractivity contribution >= 4 is 26.8 Å². The third-order valence-corrected chi connectivity index (χ3v) is 1.95. The summed E-state index contributed by atoms with van der Waals surface area (Å²) in [4.78, 5) is 10.9. The highest BCUT2D eigenvalue weighted by atomic mass is 79.9. The maximum atomic E-state index is 10.9. The first-order valence-electron chi connectivity index (χ1n) is 3.04. The number of fused-ring (bicyclic) bond motifs is 1. The molecule has 0 amide bonds. The Balaban J connectivity index is 2.97. The minimum absolute atomic E-state index is 0.326. The number of hydrogen-bond acceptors (Lipinski definition) is 2. The number of halogens is 1. The Morgan fingerprint density at radius 3 is 3.09 bits per heavy atom. The van der Waals surface area contributed by atoms with Gasteiger partial charge in [0, 0.05) is 4.47 Å². The number of hydrogen-bond donors (Lipinski definition) is 1. The molecule has 1 heterocycles. The molecule has 0 bridgehead atoms. The molecule has 4 heteroatoms. The van der Waals surface area contributed by atoms with Crippen molar-refractivity contribution in [3.05, 3.63) is 33.1 Å². The minimum atomic E-state index is -0.326. The maximum Gasteiger partial charge on any atom is 0.365 e. The van der Waals surface area contributed by atoms with E-state index in [4.69, 9.17) is 0 Å². The summed E-state index contributed by atoms with van der Waals surface area (Å²) in [5.74, 6) is 0. The van der Waals surface area contributed by atoms with E-state index < -0.39 is 0 Å². The summed E-state index contributed by atoms with van der Waals surface area (Å²) < 4.78 is 5.49. The van der Waals surface area contributed by atoms with Crippen LogP contribution in [0.5, 0.6) is 0 Å². The second kappa shape index (κ2) is 2.23. The van der Waals surface area contributed by atoms with Crippen LogP contribution in [-0.4, -0.2) is 5.16 Å². The number of aromatic amines is 1. The molecule has 11 heavy (non-hydrogen) atoms. The summed E-state index contributed by atoms with van der Waals surface area (Å²) in [5, 5.41) is 3.09. The molecule has 0 fully saturated rings. The van der Waals surface area contributed by atoms with Gasteiger partial charge in [-0.25, -0.2) is 9.95 Å². The van der Waals surface area contributed by atoms with E-state index in [1.54, 1.807) is 18.2 Å². The monoisotopic (exact) mass is 213 g/mol. The summed E-state index contributed by atoms with van der Waals surface area (Å²) in [5.41, 5.74) is 0.386. The molecule has 0 aliphatic rings. The molecular weight excluding hydrogens is 210 g/mol. The highest BCUT2D eigenvalue weighted by molar-refractivity contribution is 9.10. The zero-order valence-electron chi connectivity index (χ0n) is 5.43. The number of aromatic nitrogens is 1. The van der Waals surface area contributed by atoms with Crippen molar-refractivity contribution in [3.63, 3.8) is 0 Å². The van der Waals surface area contributed by atoms with Crippen molar-refractivity contribution in [1.82, 2.24) is 5.16 Å². The van der Waals surface area contributed by atoms with Crippen molar-refractivity contribution in [3.8, 4) is 0 Å². The number of rotatable bonds is 0. The Hall–Kier alpha value is -1.03. The highest BCUT2D eigenvalue weighted by Crippen LogP contribution is 2.14. The largest absolute Gasteiger partial charge is 0.365 e. The van der Waals surface area contributed by atoms with Crippen molar-refractivity contribution in [2.75, 3.05) is 0 Å². The van der Waals surface area contributed by atoms with E-state index in [-0.39, 0.29) is 5.63 Å². The van der Waals surface area contributed by atoms with Gasteiger partial charge < -0.3 is 4.52 Å². The first-order valence-corrected chi connectivity index (χ1v) is 3.83. The van der Waals surface area contributed by atoms with E-state index in [0.29, 0.717) is 10.9 Å². The summed E-state index contributed by atoms with van der Waals surface area (Å²) in [6.07, 6.45) is 0. The van der Waals surface area contributed by atoms with Crippen LogP contribution in [0, 0.1) is 0 Å². The van der Waals surface area contributed by atoms with Gasteiger partial charge in [-0.3, -0.25) is 0 Å². The molecule has 2 rings (SSSR count).